The van der Waals surface area contributed by atoms with Gasteiger partial charge >= 0.3 is 0 Å². The van der Waals surface area contributed by atoms with Gasteiger partial charge in [0, 0.05) is 12.2 Å². The molecule has 0 saturated heterocycles. The molecule has 0 aliphatic heterocycles. The summed E-state index contributed by atoms with van der Waals surface area (Å²) in [5.41, 5.74) is 6.83. The number of carbonyl (C=O) groups is 1. The number of nitrogens with one attached hydrogen (secondary N) is 1. The Morgan fingerprint density at radius 1 is 1.14 bits per heavy atom. The first-order valence-corrected chi connectivity index (χ1v) is 6.62. The maximum atomic E-state index is 13.5. The molecule has 0 bridgehead atoms. The number of anilines is 1. The first-order valence-electron chi connectivity index (χ1n) is 6.24. The lowest BCUT2D eigenvalue weighted by atomic mass is 10.1. The molecule has 1 amide bonds. The number of hydrogen-bond donors (Lipinski definition) is 2. The molecule has 0 fully saturated rings. The zero-order valence-electron chi connectivity index (χ0n) is 11.0. The van der Waals surface area contributed by atoms with Gasteiger partial charge in [-0.3, -0.25) is 4.79 Å². The van der Waals surface area contributed by atoms with Gasteiger partial charge in [-0.2, -0.15) is 0 Å². The summed E-state index contributed by atoms with van der Waals surface area (Å²) in [5, 5.41) is 2.17. The fourth-order valence-corrected chi connectivity index (χ4v) is 1.95. The van der Waals surface area contributed by atoms with Crippen LogP contribution in [0, 0.1) is 11.6 Å². The van der Waals surface area contributed by atoms with E-state index in [2.05, 4.69) is 5.32 Å². The highest BCUT2D eigenvalue weighted by Gasteiger charge is 2.14. The summed E-state index contributed by atoms with van der Waals surface area (Å²) < 4.78 is 26.8. The molecule has 6 heteroatoms. The van der Waals surface area contributed by atoms with E-state index in [0.29, 0.717) is 18.7 Å². The third-order valence-electron chi connectivity index (χ3n) is 2.93. The van der Waals surface area contributed by atoms with Crippen molar-refractivity contribution in [2.75, 3.05) is 12.3 Å². The molecule has 0 unspecified atom stereocenters. The van der Waals surface area contributed by atoms with Crippen LogP contribution in [0.3, 0.4) is 0 Å². The van der Waals surface area contributed by atoms with E-state index in [1.54, 1.807) is 12.1 Å². The number of rotatable bonds is 4. The first-order chi connectivity index (χ1) is 9.97. The van der Waals surface area contributed by atoms with Crippen molar-refractivity contribution in [1.29, 1.82) is 0 Å². The molecule has 3 nitrogen and oxygen atoms in total. The van der Waals surface area contributed by atoms with E-state index < -0.39 is 17.5 Å². The molecule has 0 aliphatic carbocycles. The van der Waals surface area contributed by atoms with Crippen molar-refractivity contribution in [3.63, 3.8) is 0 Å². The number of benzene rings is 2. The lowest BCUT2D eigenvalue weighted by Gasteiger charge is -2.07. The Kier molecular flexibility index (Phi) is 4.75. The predicted molar refractivity (Wildman–Crippen MR) is 78.3 cm³/mol. The van der Waals surface area contributed by atoms with E-state index in [0.717, 1.165) is 17.7 Å². The lowest BCUT2D eigenvalue weighted by Crippen LogP contribution is -2.26. The molecule has 0 heterocycles. The van der Waals surface area contributed by atoms with Crippen molar-refractivity contribution in [2.45, 2.75) is 6.42 Å². The van der Waals surface area contributed by atoms with E-state index >= 15 is 0 Å². The molecule has 0 radical (unpaired) electrons. The molecule has 21 heavy (non-hydrogen) atoms. The van der Waals surface area contributed by atoms with Crippen LogP contribution in [-0.2, 0) is 6.42 Å². The highest BCUT2D eigenvalue weighted by Crippen LogP contribution is 2.19. The van der Waals surface area contributed by atoms with Gasteiger partial charge < -0.3 is 11.1 Å². The summed E-state index contributed by atoms with van der Waals surface area (Å²) in [6.07, 6.45) is 0.559. The van der Waals surface area contributed by atoms with Gasteiger partial charge in [-0.15, -0.1) is 0 Å². The SMILES string of the molecule is Nc1ccc(CCNC(=O)c2cc(F)c(Cl)cc2F)cc1. The van der Waals surface area contributed by atoms with Crippen LogP contribution in [0.4, 0.5) is 14.5 Å². The fourth-order valence-electron chi connectivity index (χ4n) is 1.80. The van der Waals surface area contributed by atoms with Gasteiger partial charge in [0.1, 0.15) is 11.6 Å². The van der Waals surface area contributed by atoms with Crippen LogP contribution in [0.25, 0.3) is 0 Å². The molecular weight excluding hydrogens is 298 g/mol. The minimum absolute atomic E-state index is 0.298. The first kappa shape index (κ1) is 15.3. The summed E-state index contributed by atoms with van der Waals surface area (Å²) in [6, 6.07) is 8.76. The van der Waals surface area contributed by atoms with Gasteiger partial charge in [0.25, 0.3) is 5.91 Å². The second-order valence-corrected chi connectivity index (χ2v) is 4.90. The maximum Gasteiger partial charge on any atom is 0.254 e. The maximum absolute atomic E-state index is 13.5. The Morgan fingerprint density at radius 3 is 2.48 bits per heavy atom. The fraction of sp³-hybridized carbons (Fsp3) is 0.133. The summed E-state index contributed by atoms with van der Waals surface area (Å²) in [4.78, 5) is 11.8. The minimum atomic E-state index is -0.855. The lowest BCUT2D eigenvalue weighted by molar-refractivity contribution is 0.0949. The van der Waals surface area contributed by atoms with Gasteiger partial charge in [-0.05, 0) is 36.2 Å². The van der Waals surface area contributed by atoms with E-state index in [9.17, 15) is 13.6 Å². The van der Waals surface area contributed by atoms with Gasteiger partial charge in [-0.25, -0.2) is 8.78 Å². The average molecular weight is 311 g/mol. The zero-order valence-corrected chi connectivity index (χ0v) is 11.8. The van der Waals surface area contributed by atoms with Crippen LogP contribution >= 0.6 is 11.6 Å². The van der Waals surface area contributed by atoms with Crippen LogP contribution in [-0.4, -0.2) is 12.5 Å². The molecule has 2 rings (SSSR count). The smallest absolute Gasteiger partial charge is 0.254 e. The van der Waals surface area contributed by atoms with Gasteiger partial charge in [-0.1, -0.05) is 23.7 Å². The van der Waals surface area contributed by atoms with Crippen LogP contribution < -0.4 is 11.1 Å². The monoisotopic (exact) mass is 310 g/mol. The van der Waals surface area contributed by atoms with Crippen LogP contribution in [0.1, 0.15) is 15.9 Å². The number of nitrogen functional groups attached to an aromatic ring is 1. The molecule has 0 atom stereocenters. The van der Waals surface area contributed by atoms with Crippen molar-refractivity contribution >= 4 is 23.2 Å². The second kappa shape index (κ2) is 6.54. The quantitative estimate of drug-likeness (QED) is 0.673. The van der Waals surface area contributed by atoms with Crippen molar-refractivity contribution in [2.24, 2.45) is 0 Å². The molecule has 0 spiro atoms. The standard InChI is InChI=1S/C15H13ClF2N2O/c16-12-8-13(17)11(7-14(12)18)15(21)20-6-5-9-1-3-10(19)4-2-9/h1-4,7-8H,5-6,19H2,(H,20,21). The highest BCUT2D eigenvalue weighted by atomic mass is 35.5. The molecule has 110 valence electrons. The van der Waals surface area contributed by atoms with Gasteiger partial charge in [0.05, 0.1) is 10.6 Å². The highest BCUT2D eigenvalue weighted by molar-refractivity contribution is 6.30. The van der Waals surface area contributed by atoms with Crippen LogP contribution in [0.2, 0.25) is 5.02 Å². The molecule has 0 saturated carbocycles. The van der Waals surface area contributed by atoms with Gasteiger partial charge in [0.15, 0.2) is 0 Å². The third-order valence-corrected chi connectivity index (χ3v) is 3.22. The van der Waals surface area contributed by atoms with Crippen LogP contribution in [0.15, 0.2) is 36.4 Å². The van der Waals surface area contributed by atoms with E-state index in [-0.39, 0.29) is 10.6 Å². The Balaban J connectivity index is 1.96. The summed E-state index contributed by atoms with van der Waals surface area (Å²) in [5.74, 6) is -2.37. The van der Waals surface area contributed by atoms with E-state index in [1.807, 2.05) is 12.1 Å². The van der Waals surface area contributed by atoms with Crippen molar-refractivity contribution < 1.29 is 13.6 Å². The molecule has 0 aromatic heterocycles. The third kappa shape index (κ3) is 3.92. The van der Waals surface area contributed by atoms with E-state index in [1.165, 1.54) is 0 Å². The Morgan fingerprint density at radius 2 is 1.81 bits per heavy atom. The van der Waals surface area contributed by atoms with Crippen molar-refractivity contribution in [3.05, 3.63) is 64.2 Å². The predicted octanol–water partition coefficient (Wildman–Crippen LogP) is 3.17. The molecule has 3 N–H and O–H groups in total. The normalized spacial score (nSPS) is 10.4. The minimum Gasteiger partial charge on any atom is -0.399 e. The second-order valence-electron chi connectivity index (χ2n) is 4.49. The topological polar surface area (TPSA) is 55.1 Å². The molecule has 2 aromatic rings. The van der Waals surface area contributed by atoms with Gasteiger partial charge in [0.2, 0.25) is 0 Å². The summed E-state index contributed by atoms with van der Waals surface area (Å²) in [7, 11) is 0. The van der Waals surface area contributed by atoms with Crippen LogP contribution in [0.5, 0.6) is 0 Å². The van der Waals surface area contributed by atoms with Crippen molar-refractivity contribution in [1.82, 2.24) is 5.32 Å². The number of amides is 1. The zero-order chi connectivity index (χ0) is 15.4. The number of carbonyl (C=O) groups excluding carboxylic acids is 1. The molecular formula is C15H13ClF2N2O. The summed E-state index contributed by atoms with van der Waals surface area (Å²) in [6.45, 7) is 0.298. The van der Waals surface area contributed by atoms with Crippen molar-refractivity contribution in [3.8, 4) is 0 Å². The molecule has 2 aromatic carbocycles. The Bertz CT molecular complexity index is 659. The number of hydrogen-bond acceptors (Lipinski definition) is 2. The Labute approximate surface area is 125 Å². The largest absolute Gasteiger partial charge is 0.399 e. The van der Waals surface area contributed by atoms with E-state index in [4.69, 9.17) is 17.3 Å². The summed E-state index contributed by atoms with van der Waals surface area (Å²) >= 11 is 5.43. The Hall–Kier alpha value is -2.14. The molecule has 0 aliphatic rings. The number of halogens is 3. The average Bonchev–Trinajstić information content (AvgIpc) is 2.45. The number of nitrogens with two attached hydrogens (primary N) is 1.